The lowest BCUT2D eigenvalue weighted by molar-refractivity contribution is -0.140. The summed E-state index contributed by atoms with van der Waals surface area (Å²) in [5, 5.41) is 0. The molecule has 1 aromatic heterocycles. The van der Waals surface area contributed by atoms with E-state index in [1.165, 1.54) is 7.11 Å². The van der Waals surface area contributed by atoms with E-state index in [1.54, 1.807) is 0 Å². The molecule has 0 fully saturated rings. The number of ether oxygens (including phenoxy) is 1. The fourth-order valence-electron chi connectivity index (χ4n) is 0.862. The summed E-state index contributed by atoms with van der Waals surface area (Å²) in [6.45, 7) is 0. The average Bonchev–Trinajstić information content (AvgIpc) is 2.52. The third kappa shape index (κ3) is 2.45. The fraction of sp³-hybridized carbons (Fsp3) is 0.375. The highest BCUT2D eigenvalue weighted by atomic mass is 16.5. The first-order valence-corrected chi connectivity index (χ1v) is 3.51. The van der Waals surface area contributed by atoms with Crippen molar-refractivity contribution in [2.24, 2.45) is 0 Å². The van der Waals surface area contributed by atoms with E-state index in [0.29, 0.717) is 6.42 Å². The molecular formula is C8H11NO2. The molecular weight excluding hydrogens is 142 g/mol. The Morgan fingerprint density at radius 2 is 2.55 bits per heavy atom. The fourth-order valence-corrected chi connectivity index (χ4v) is 0.862. The minimum atomic E-state index is -0.161. The first-order chi connectivity index (χ1) is 5.33. The molecule has 1 aromatic rings. The summed E-state index contributed by atoms with van der Waals surface area (Å²) in [7, 11) is 1.40. The molecule has 0 aliphatic heterocycles. The molecule has 0 saturated heterocycles. The summed E-state index contributed by atoms with van der Waals surface area (Å²) in [5.74, 6) is -0.161. The van der Waals surface area contributed by atoms with Crippen molar-refractivity contribution in [2.45, 2.75) is 12.8 Å². The van der Waals surface area contributed by atoms with Crippen molar-refractivity contribution in [3.8, 4) is 0 Å². The molecule has 0 radical (unpaired) electrons. The quantitative estimate of drug-likeness (QED) is 0.661. The van der Waals surface area contributed by atoms with Crippen molar-refractivity contribution in [2.75, 3.05) is 7.11 Å². The summed E-state index contributed by atoms with van der Waals surface area (Å²) in [5.41, 5.74) is 1.13. The van der Waals surface area contributed by atoms with Gasteiger partial charge in [-0.3, -0.25) is 4.79 Å². The van der Waals surface area contributed by atoms with Gasteiger partial charge in [0, 0.05) is 18.8 Å². The van der Waals surface area contributed by atoms with Crippen LogP contribution in [-0.4, -0.2) is 18.1 Å². The number of aromatic nitrogens is 1. The van der Waals surface area contributed by atoms with Crippen LogP contribution in [-0.2, 0) is 16.0 Å². The summed E-state index contributed by atoms with van der Waals surface area (Å²) < 4.78 is 4.50. The van der Waals surface area contributed by atoms with Gasteiger partial charge in [-0.05, 0) is 18.1 Å². The van der Waals surface area contributed by atoms with E-state index in [1.807, 2.05) is 18.5 Å². The Morgan fingerprint density at radius 3 is 3.09 bits per heavy atom. The predicted molar refractivity (Wildman–Crippen MR) is 41.1 cm³/mol. The van der Waals surface area contributed by atoms with Crippen LogP contribution in [0.5, 0.6) is 0 Å². The number of carbonyl (C=O) groups is 1. The number of nitrogens with one attached hydrogen (secondary N) is 1. The van der Waals surface area contributed by atoms with Gasteiger partial charge in [-0.15, -0.1) is 0 Å². The highest BCUT2D eigenvalue weighted by Crippen LogP contribution is 2.01. The molecule has 1 rings (SSSR count). The molecule has 3 nitrogen and oxygen atoms in total. The van der Waals surface area contributed by atoms with Gasteiger partial charge < -0.3 is 9.72 Å². The smallest absolute Gasteiger partial charge is 0.305 e. The van der Waals surface area contributed by atoms with Gasteiger partial charge in [0.25, 0.3) is 0 Å². The number of aryl methyl sites for hydroxylation is 1. The Morgan fingerprint density at radius 1 is 1.73 bits per heavy atom. The number of hydrogen-bond acceptors (Lipinski definition) is 2. The van der Waals surface area contributed by atoms with Crippen LogP contribution in [0.3, 0.4) is 0 Å². The van der Waals surface area contributed by atoms with Crippen molar-refractivity contribution in [1.82, 2.24) is 4.98 Å². The highest BCUT2D eigenvalue weighted by molar-refractivity contribution is 5.69. The van der Waals surface area contributed by atoms with Crippen LogP contribution >= 0.6 is 0 Å². The molecule has 3 heteroatoms. The molecule has 1 N–H and O–H groups in total. The van der Waals surface area contributed by atoms with E-state index in [0.717, 1.165) is 12.0 Å². The Bertz CT molecular complexity index is 216. The Balaban J connectivity index is 2.29. The Hall–Kier alpha value is -1.25. The molecule has 0 amide bonds. The first-order valence-electron chi connectivity index (χ1n) is 3.51. The van der Waals surface area contributed by atoms with Crippen LogP contribution in [0, 0.1) is 0 Å². The van der Waals surface area contributed by atoms with E-state index in [9.17, 15) is 4.79 Å². The van der Waals surface area contributed by atoms with Crippen LogP contribution < -0.4 is 0 Å². The molecule has 1 heterocycles. The van der Waals surface area contributed by atoms with E-state index < -0.39 is 0 Å². The van der Waals surface area contributed by atoms with Gasteiger partial charge in [0.1, 0.15) is 0 Å². The van der Waals surface area contributed by atoms with Gasteiger partial charge in [0.15, 0.2) is 0 Å². The van der Waals surface area contributed by atoms with Gasteiger partial charge >= 0.3 is 5.97 Å². The van der Waals surface area contributed by atoms with Crippen molar-refractivity contribution < 1.29 is 9.53 Å². The molecule has 0 unspecified atom stereocenters. The molecule has 0 saturated carbocycles. The zero-order valence-corrected chi connectivity index (χ0v) is 6.46. The third-order valence-corrected chi connectivity index (χ3v) is 1.51. The molecule has 0 bridgehead atoms. The molecule has 0 spiro atoms. The lowest BCUT2D eigenvalue weighted by Crippen LogP contribution is -2.01. The van der Waals surface area contributed by atoms with Gasteiger partial charge in [0.2, 0.25) is 0 Å². The van der Waals surface area contributed by atoms with Crippen molar-refractivity contribution >= 4 is 5.97 Å². The van der Waals surface area contributed by atoms with Crippen LogP contribution in [0.1, 0.15) is 12.0 Å². The summed E-state index contributed by atoms with van der Waals surface area (Å²) in [6.07, 6.45) is 4.92. The maximum atomic E-state index is 10.7. The first kappa shape index (κ1) is 7.85. The zero-order valence-electron chi connectivity index (χ0n) is 6.46. The molecule has 0 aliphatic carbocycles. The Kier molecular flexibility index (Phi) is 2.72. The molecule has 60 valence electrons. The van der Waals surface area contributed by atoms with Crippen LogP contribution in [0.2, 0.25) is 0 Å². The second-order valence-electron chi connectivity index (χ2n) is 2.30. The van der Waals surface area contributed by atoms with E-state index in [4.69, 9.17) is 0 Å². The number of hydrogen-bond donors (Lipinski definition) is 1. The van der Waals surface area contributed by atoms with Crippen LogP contribution in [0.25, 0.3) is 0 Å². The SMILES string of the molecule is COC(=O)CCc1cc[nH]c1. The third-order valence-electron chi connectivity index (χ3n) is 1.51. The van der Waals surface area contributed by atoms with Gasteiger partial charge in [-0.25, -0.2) is 0 Å². The average molecular weight is 153 g/mol. The lowest BCUT2D eigenvalue weighted by Gasteiger charge is -1.95. The number of rotatable bonds is 3. The predicted octanol–water partition coefficient (Wildman–Crippen LogP) is 1.12. The number of carbonyl (C=O) groups excluding carboxylic acids is 1. The Labute approximate surface area is 65.4 Å². The zero-order chi connectivity index (χ0) is 8.10. The molecule has 0 atom stereocenters. The van der Waals surface area contributed by atoms with Crippen LogP contribution in [0.4, 0.5) is 0 Å². The number of methoxy groups -OCH3 is 1. The van der Waals surface area contributed by atoms with E-state index >= 15 is 0 Å². The summed E-state index contributed by atoms with van der Waals surface area (Å²) in [4.78, 5) is 13.6. The van der Waals surface area contributed by atoms with Crippen LogP contribution in [0.15, 0.2) is 18.5 Å². The molecule has 11 heavy (non-hydrogen) atoms. The second-order valence-corrected chi connectivity index (χ2v) is 2.30. The summed E-state index contributed by atoms with van der Waals surface area (Å²) in [6, 6.07) is 1.95. The molecule has 0 aromatic carbocycles. The standard InChI is InChI=1S/C8H11NO2/c1-11-8(10)3-2-7-4-5-9-6-7/h4-6,9H,2-3H2,1H3. The largest absolute Gasteiger partial charge is 0.469 e. The highest BCUT2D eigenvalue weighted by Gasteiger charge is 2.00. The maximum absolute atomic E-state index is 10.7. The number of esters is 1. The minimum absolute atomic E-state index is 0.161. The van der Waals surface area contributed by atoms with Gasteiger partial charge in [-0.1, -0.05) is 0 Å². The minimum Gasteiger partial charge on any atom is -0.469 e. The van der Waals surface area contributed by atoms with Gasteiger partial charge in [-0.2, -0.15) is 0 Å². The topological polar surface area (TPSA) is 42.1 Å². The van der Waals surface area contributed by atoms with E-state index in [2.05, 4.69) is 9.72 Å². The second kappa shape index (κ2) is 3.81. The monoisotopic (exact) mass is 153 g/mol. The molecule has 0 aliphatic rings. The maximum Gasteiger partial charge on any atom is 0.305 e. The van der Waals surface area contributed by atoms with Crippen molar-refractivity contribution in [3.05, 3.63) is 24.0 Å². The van der Waals surface area contributed by atoms with Crippen molar-refractivity contribution in [3.63, 3.8) is 0 Å². The number of aromatic amines is 1. The van der Waals surface area contributed by atoms with Gasteiger partial charge in [0.05, 0.1) is 7.11 Å². The van der Waals surface area contributed by atoms with Crippen molar-refractivity contribution in [1.29, 1.82) is 0 Å². The number of H-pyrrole nitrogens is 1. The summed E-state index contributed by atoms with van der Waals surface area (Å²) >= 11 is 0. The lowest BCUT2D eigenvalue weighted by atomic mass is 10.2. The normalized spacial score (nSPS) is 9.55. The van der Waals surface area contributed by atoms with E-state index in [-0.39, 0.29) is 5.97 Å².